The van der Waals surface area contributed by atoms with Crippen molar-refractivity contribution >= 4 is 23.4 Å². The molecule has 0 saturated carbocycles. The SMILES string of the molecule is CC(C)=CC(=O)N1CCN(C(=O)[C@H]2CC(=O)N(c3ccccc3)C2)CC1. The Balaban J connectivity index is 1.57. The summed E-state index contributed by atoms with van der Waals surface area (Å²) in [6.45, 7) is 6.35. The van der Waals surface area contributed by atoms with Crippen LogP contribution >= 0.6 is 0 Å². The number of hydrogen-bond donors (Lipinski definition) is 0. The normalized spacial score (nSPS) is 20.3. The highest BCUT2D eigenvalue weighted by Gasteiger charge is 2.38. The van der Waals surface area contributed by atoms with Crippen LogP contribution in [-0.4, -0.2) is 60.2 Å². The van der Waals surface area contributed by atoms with E-state index in [1.54, 1.807) is 20.8 Å². The average molecular weight is 355 g/mol. The molecule has 2 heterocycles. The Labute approximate surface area is 154 Å². The Hall–Kier alpha value is -2.63. The number of rotatable bonds is 3. The molecule has 0 N–H and O–H groups in total. The quantitative estimate of drug-likeness (QED) is 0.775. The van der Waals surface area contributed by atoms with Gasteiger partial charge in [-0.15, -0.1) is 0 Å². The second-order valence-corrected chi connectivity index (χ2v) is 7.11. The van der Waals surface area contributed by atoms with Crippen molar-refractivity contribution in [2.24, 2.45) is 5.92 Å². The summed E-state index contributed by atoms with van der Waals surface area (Å²) in [6, 6.07) is 9.46. The van der Waals surface area contributed by atoms with Crippen molar-refractivity contribution in [3.63, 3.8) is 0 Å². The highest BCUT2D eigenvalue weighted by Crippen LogP contribution is 2.26. The van der Waals surface area contributed by atoms with Crippen LogP contribution in [0.3, 0.4) is 0 Å². The van der Waals surface area contributed by atoms with Gasteiger partial charge in [0.25, 0.3) is 0 Å². The van der Waals surface area contributed by atoms with Crippen molar-refractivity contribution in [3.05, 3.63) is 42.0 Å². The van der Waals surface area contributed by atoms with Crippen molar-refractivity contribution < 1.29 is 14.4 Å². The fourth-order valence-electron chi connectivity index (χ4n) is 3.47. The third kappa shape index (κ3) is 3.95. The van der Waals surface area contributed by atoms with Gasteiger partial charge >= 0.3 is 0 Å². The van der Waals surface area contributed by atoms with E-state index in [1.165, 1.54) is 0 Å². The molecule has 0 spiro atoms. The Morgan fingerprint density at radius 1 is 1.00 bits per heavy atom. The molecule has 0 aromatic heterocycles. The van der Waals surface area contributed by atoms with Crippen molar-refractivity contribution in [1.29, 1.82) is 0 Å². The lowest BCUT2D eigenvalue weighted by molar-refractivity contribution is -0.140. The number of nitrogens with zero attached hydrogens (tertiary/aromatic N) is 3. The number of carbonyl (C=O) groups is 3. The first-order valence-corrected chi connectivity index (χ1v) is 9.03. The van der Waals surface area contributed by atoms with E-state index in [1.807, 2.05) is 44.2 Å². The maximum atomic E-state index is 12.8. The van der Waals surface area contributed by atoms with E-state index in [9.17, 15) is 14.4 Å². The molecule has 2 aliphatic heterocycles. The lowest BCUT2D eigenvalue weighted by atomic mass is 10.1. The van der Waals surface area contributed by atoms with Gasteiger partial charge in [-0.2, -0.15) is 0 Å². The van der Waals surface area contributed by atoms with Gasteiger partial charge in [-0.3, -0.25) is 14.4 Å². The van der Waals surface area contributed by atoms with Gasteiger partial charge in [-0.25, -0.2) is 0 Å². The van der Waals surface area contributed by atoms with Gasteiger partial charge in [0.1, 0.15) is 0 Å². The third-order valence-electron chi connectivity index (χ3n) is 4.86. The predicted molar refractivity (Wildman–Crippen MR) is 99.5 cm³/mol. The summed E-state index contributed by atoms with van der Waals surface area (Å²) in [6.07, 6.45) is 1.88. The minimum atomic E-state index is -0.303. The van der Waals surface area contributed by atoms with Crippen LogP contribution in [0.4, 0.5) is 5.69 Å². The Morgan fingerprint density at radius 2 is 1.62 bits per heavy atom. The van der Waals surface area contributed by atoms with Crippen LogP contribution in [0.25, 0.3) is 0 Å². The molecule has 0 radical (unpaired) electrons. The fourth-order valence-corrected chi connectivity index (χ4v) is 3.47. The van der Waals surface area contributed by atoms with Crippen LogP contribution in [0.15, 0.2) is 42.0 Å². The average Bonchev–Trinajstić information content (AvgIpc) is 3.03. The van der Waals surface area contributed by atoms with Crippen LogP contribution in [0.1, 0.15) is 20.3 Å². The Morgan fingerprint density at radius 3 is 2.23 bits per heavy atom. The van der Waals surface area contributed by atoms with E-state index in [-0.39, 0.29) is 30.1 Å². The number of carbonyl (C=O) groups excluding carboxylic acids is 3. The molecule has 1 aromatic carbocycles. The Bertz CT molecular complexity index is 717. The zero-order valence-electron chi connectivity index (χ0n) is 15.4. The summed E-state index contributed by atoms with van der Waals surface area (Å²) in [4.78, 5) is 42.5. The number of anilines is 1. The van der Waals surface area contributed by atoms with Gasteiger partial charge in [-0.1, -0.05) is 23.8 Å². The first kappa shape index (κ1) is 18.2. The van der Waals surface area contributed by atoms with E-state index in [4.69, 9.17) is 0 Å². The first-order chi connectivity index (χ1) is 12.5. The van der Waals surface area contributed by atoms with Crippen LogP contribution in [0.2, 0.25) is 0 Å². The van der Waals surface area contributed by atoms with Crippen molar-refractivity contribution in [2.75, 3.05) is 37.6 Å². The molecule has 2 fully saturated rings. The van der Waals surface area contributed by atoms with Crippen LogP contribution in [-0.2, 0) is 14.4 Å². The van der Waals surface area contributed by atoms with Gasteiger partial charge < -0.3 is 14.7 Å². The number of amides is 3. The molecule has 6 nitrogen and oxygen atoms in total. The highest BCUT2D eigenvalue weighted by molar-refractivity contribution is 6.00. The minimum Gasteiger partial charge on any atom is -0.339 e. The van der Waals surface area contributed by atoms with Gasteiger partial charge in [-0.05, 0) is 26.0 Å². The number of allylic oxidation sites excluding steroid dienone is 1. The number of hydrogen-bond acceptors (Lipinski definition) is 3. The fraction of sp³-hybridized carbons (Fsp3) is 0.450. The lowest BCUT2D eigenvalue weighted by Crippen LogP contribution is -2.52. The first-order valence-electron chi connectivity index (χ1n) is 9.03. The van der Waals surface area contributed by atoms with E-state index in [0.717, 1.165) is 11.3 Å². The van der Waals surface area contributed by atoms with Crippen molar-refractivity contribution in [1.82, 2.24) is 9.80 Å². The molecular formula is C20H25N3O3. The molecular weight excluding hydrogens is 330 g/mol. The zero-order valence-corrected chi connectivity index (χ0v) is 15.4. The number of benzene rings is 1. The smallest absolute Gasteiger partial charge is 0.246 e. The molecule has 0 aliphatic carbocycles. The molecule has 1 aromatic rings. The molecule has 1 atom stereocenters. The van der Waals surface area contributed by atoms with Gasteiger partial charge in [0, 0.05) is 50.9 Å². The van der Waals surface area contributed by atoms with Crippen LogP contribution in [0, 0.1) is 5.92 Å². The van der Waals surface area contributed by atoms with E-state index >= 15 is 0 Å². The Kier molecular flexibility index (Phi) is 5.40. The van der Waals surface area contributed by atoms with Crippen LogP contribution < -0.4 is 4.90 Å². The largest absolute Gasteiger partial charge is 0.339 e. The second-order valence-electron chi connectivity index (χ2n) is 7.11. The maximum absolute atomic E-state index is 12.8. The van der Waals surface area contributed by atoms with Gasteiger partial charge in [0.2, 0.25) is 17.7 Å². The lowest BCUT2D eigenvalue weighted by Gasteiger charge is -2.35. The summed E-state index contributed by atoms with van der Waals surface area (Å²) in [7, 11) is 0. The molecule has 2 aliphatic rings. The molecule has 2 saturated heterocycles. The molecule has 0 bridgehead atoms. The molecule has 6 heteroatoms. The van der Waals surface area contributed by atoms with Gasteiger partial charge in [0.15, 0.2) is 0 Å². The molecule has 26 heavy (non-hydrogen) atoms. The molecule has 138 valence electrons. The summed E-state index contributed by atoms with van der Waals surface area (Å²) in [5.74, 6) is -0.288. The maximum Gasteiger partial charge on any atom is 0.246 e. The van der Waals surface area contributed by atoms with Gasteiger partial charge in [0.05, 0.1) is 5.92 Å². The van der Waals surface area contributed by atoms with E-state index in [2.05, 4.69) is 0 Å². The van der Waals surface area contributed by atoms with Crippen molar-refractivity contribution in [2.45, 2.75) is 20.3 Å². The summed E-state index contributed by atoms with van der Waals surface area (Å²) >= 11 is 0. The predicted octanol–water partition coefficient (Wildman–Crippen LogP) is 1.68. The molecule has 0 unspecified atom stereocenters. The highest BCUT2D eigenvalue weighted by atomic mass is 16.2. The number of para-hydroxylation sites is 1. The third-order valence-corrected chi connectivity index (χ3v) is 4.86. The molecule has 3 rings (SSSR count). The second kappa shape index (κ2) is 7.72. The van der Waals surface area contributed by atoms with E-state index < -0.39 is 0 Å². The van der Waals surface area contributed by atoms with Crippen LogP contribution in [0.5, 0.6) is 0 Å². The number of piperazine rings is 1. The topological polar surface area (TPSA) is 60.9 Å². The minimum absolute atomic E-state index is 0.00314. The standard InChI is InChI=1S/C20H25N3O3/c1-15(2)12-18(24)21-8-10-22(11-9-21)20(26)16-13-19(25)23(14-16)17-6-4-3-5-7-17/h3-7,12,16H,8-11,13-14H2,1-2H3/t16-/m0/s1. The summed E-state index contributed by atoms with van der Waals surface area (Å²) in [5.41, 5.74) is 1.81. The summed E-state index contributed by atoms with van der Waals surface area (Å²) < 4.78 is 0. The summed E-state index contributed by atoms with van der Waals surface area (Å²) in [5, 5.41) is 0. The van der Waals surface area contributed by atoms with E-state index in [0.29, 0.717) is 32.7 Å². The zero-order chi connectivity index (χ0) is 18.7. The monoisotopic (exact) mass is 355 g/mol. The van der Waals surface area contributed by atoms with Crippen molar-refractivity contribution in [3.8, 4) is 0 Å². The molecule has 3 amide bonds.